The van der Waals surface area contributed by atoms with Gasteiger partial charge in [-0.15, -0.1) is 0 Å². The number of aliphatic hydroxyl groups is 1. The minimum absolute atomic E-state index is 0.0144. The molecule has 1 unspecified atom stereocenters. The Balaban J connectivity index is 1.60. The van der Waals surface area contributed by atoms with Gasteiger partial charge >= 0.3 is 0 Å². The van der Waals surface area contributed by atoms with Crippen molar-refractivity contribution in [1.29, 1.82) is 0 Å². The lowest BCUT2D eigenvalue weighted by Gasteiger charge is -2.32. The van der Waals surface area contributed by atoms with E-state index in [1.165, 1.54) is 10.5 Å². The van der Waals surface area contributed by atoms with Gasteiger partial charge in [0.25, 0.3) is 0 Å². The van der Waals surface area contributed by atoms with Crippen molar-refractivity contribution >= 4 is 17.7 Å². The van der Waals surface area contributed by atoms with E-state index < -0.39 is 30.1 Å². The van der Waals surface area contributed by atoms with Crippen LogP contribution in [0.25, 0.3) is 0 Å². The highest BCUT2D eigenvalue weighted by Gasteiger charge is 2.42. The van der Waals surface area contributed by atoms with Crippen LogP contribution in [0.2, 0.25) is 0 Å². The maximum Gasteiger partial charge on any atom is 0.243 e. The van der Waals surface area contributed by atoms with E-state index in [0.717, 1.165) is 43.4 Å². The second-order valence-electron chi connectivity index (χ2n) is 11.1. The molecule has 5 atom stereocenters. The topological polar surface area (TPSA) is 120 Å². The molecule has 4 N–H and O–H groups in total. The van der Waals surface area contributed by atoms with Gasteiger partial charge in [-0.1, -0.05) is 56.7 Å². The number of hydrogen-bond donors (Lipinski definition) is 4. The number of hydrogen-bond acceptors (Lipinski definition) is 6. The number of nitrogens with zero attached hydrogens (tertiary/aromatic N) is 1. The molecule has 0 radical (unpaired) electrons. The smallest absolute Gasteiger partial charge is 0.243 e. The van der Waals surface area contributed by atoms with Crippen LogP contribution in [0.15, 0.2) is 53.8 Å². The van der Waals surface area contributed by atoms with Crippen molar-refractivity contribution in [2.24, 2.45) is 5.92 Å². The zero-order chi connectivity index (χ0) is 28.5. The van der Waals surface area contributed by atoms with E-state index in [2.05, 4.69) is 22.0 Å². The van der Waals surface area contributed by atoms with Crippen molar-refractivity contribution < 1.29 is 24.2 Å². The average Bonchev–Trinajstić information content (AvgIpc) is 3.36. The molecule has 0 spiro atoms. The summed E-state index contributed by atoms with van der Waals surface area (Å²) in [6, 6.07) is 7.38. The Labute approximate surface area is 237 Å². The van der Waals surface area contributed by atoms with Crippen LogP contribution in [-0.4, -0.2) is 78.2 Å². The number of allylic oxidation sites excluding steroid dienone is 3. The summed E-state index contributed by atoms with van der Waals surface area (Å²) in [5.41, 5.74) is 2.15. The van der Waals surface area contributed by atoms with Crippen molar-refractivity contribution in [2.75, 3.05) is 26.2 Å². The standard InChI is InChI=1S/C31H44N4O5/c1-3-21(2)28-31(39)35-20-24(36)19-26(35)30(38)34-25(18-22-10-5-4-6-11-22)29(37)33-15-9-13-23-12-7-8-14-27(23)40-17-16-32-28/h4-6,8,10-11,14,21,24-26,28,32,36H,3,7,9,12-13,15-20H2,1-2H3,(H,33,37)(H,34,38)/t21?,24-,25+,26+,28-/m0/s1. The SMILES string of the molecule is CCC(C)[C@@H]1NCCOC2=C(CCC=C2)CCCNC(=O)[C@@H](Cc2ccccc2)NC(=O)[C@H]2C[C@H](O)CN2C1=O. The number of rotatable bonds is 4. The maximum absolute atomic E-state index is 13.8. The zero-order valence-electron chi connectivity index (χ0n) is 23.7. The van der Waals surface area contributed by atoms with Gasteiger partial charge in [-0.25, -0.2) is 0 Å². The highest BCUT2D eigenvalue weighted by molar-refractivity contribution is 5.93. The minimum Gasteiger partial charge on any atom is -0.492 e. The molecule has 3 aliphatic rings. The van der Waals surface area contributed by atoms with E-state index in [1.807, 2.05) is 50.3 Å². The molecule has 9 heteroatoms. The van der Waals surface area contributed by atoms with Gasteiger partial charge < -0.3 is 30.7 Å². The van der Waals surface area contributed by atoms with Crippen LogP contribution in [0.3, 0.4) is 0 Å². The molecule has 1 aromatic carbocycles. The summed E-state index contributed by atoms with van der Waals surface area (Å²) in [5, 5.41) is 19.8. The van der Waals surface area contributed by atoms with E-state index in [9.17, 15) is 19.5 Å². The number of fused-ring (bicyclic) bond motifs is 1. The third-order valence-electron chi connectivity index (χ3n) is 8.17. The average molecular weight is 553 g/mol. The van der Waals surface area contributed by atoms with E-state index >= 15 is 0 Å². The van der Waals surface area contributed by atoms with Crippen LogP contribution in [0.1, 0.15) is 57.9 Å². The zero-order valence-corrected chi connectivity index (χ0v) is 23.7. The third kappa shape index (κ3) is 7.73. The summed E-state index contributed by atoms with van der Waals surface area (Å²) < 4.78 is 6.13. The Morgan fingerprint density at radius 1 is 1.10 bits per heavy atom. The lowest BCUT2D eigenvalue weighted by Crippen LogP contribution is -2.57. The Hall–Kier alpha value is -3.17. The number of nitrogens with one attached hydrogen (secondary N) is 3. The van der Waals surface area contributed by atoms with E-state index in [0.29, 0.717) is 26.1 Å². The highest BCUT2D eigenvalue weighted by atomic mass is 16.5. The summed E-state index contributed by atoms with van der Waals surface area (Å²) in [5.74, 6) is -0.00179. The number of carbonyl (C=O) groups excluding carboxylic acids is 3. The first kappa shape index (κ1) is 29.8. The predicted octanol–water partition coefficient (Wildman–Crippen LogP) is 2.21. The molecule has 40 heavy (non-hydrogen) atoms. The number of benzene rings is 1. The molecule has 1 aromatic rings. The quantitative estimate of drug-likeness (QED) is 0.455. The first-order valence-corrected chi connectivity index (χ1v) is 14.7. The van der Waals surface area contributed by atoms with E-state index in [-0.39, 0.29) is 30.7 Å². The number of aliphatic hydroxyl groups excluding tert-OH is 1. The predicted molar refractivity (Wildman–Crippen MR) is 153 cm³/mol. The van der Waals surface area contributed by atoms with Gasteiger partial charge in [0.05, 0.1) is 12.1 Å². The number of carbonyl (C=O) groups is 3. The van der Waals surface area contributed by atoms with Crippen LogP contribution in [0, 0.1) is 5.92 Å². The molecule has 1 fully saturated rings. The van der Waals surface area contributed by atoms with Crippen molar-refractivity contribution in [2.45, 2.75) is 83.0 Å². The van der Waals surface area contributed by atoms with Crippen LogP contribution in [-0.2, 0) is 25.5 Å². The van der Waals surface area contributed by atoms with Gasteiger partial charge in [0, 0.05) is 32.5 Å². The van der Waals surface area contributed by atoms with E-state index in [1.54, 1.807) is 0 Å². The fourth-order valence-electron chi connectivity index (χ4n) is 5.68. The van der Waals surface area contributed by atoms with Gasteiger partial charge in [0.15, 0.2) is 0 Å². The second-order valence-corrected chi connectivity index (χ2v) is 11.1. The first-order chi connectivity index (χ1) is 19.4. The molecular weight excluding hydrogens is 508 g/mol. The van der Waals surface area contributed by atoms with Crippen molar-refractivity contribution in [3.63, 3.8) is 0 Å². The molecule has 9 nitrogen and oxygen atoms in total. The maximum atomic E-state index is 13.8. The normalized spacial score (nSPS) is 28.0. The summed E-state index contributed by atoms with van der Waals surface area (Å²) in [7, 11) is 0. The molecule has 0 saturated carbocycles. The monoisotopic (exact) mass is 552 g/mol. The molecule has 2 heterocycles. The Morgan fingerprint density at radius 3 is 2.67 bits per heavy atom. The van der Waals surface area contributed by atoms with Crippen LogP contribution >= 0.6 is 0 Å². The van der Waals surface area contributed by atoms with Gasteiger partial charge in [0.1, 0.15) is 24.4 Å². The number of amides is 3. The molecule has 1 saturated heterocycles. The Morgan fingerprint density at radius 2 is 1.90 bits per heavy atom. The molecule has 3 amide bonds. The number of ether oxygens (including phenoxy) is 1. The van der Waals surface area contributed by atoms with Crippen molar-refractivity contribution in [3.05, 3.63) is 59.4 Å². The second kappa shape index (κ2) is 14.5. The van der Waals surface area contributed by atoms with Crippen LogP contribution in [0.4, 0.5) is 0 Å². The van der Waals surface area contributed by atoms with Crippen LogP contribution < -0.4 is 16.0 Å². The van der Waals surface area contributed by atoms with Crippen molar-refractivity contribution in [3.8, 4) is 0 Å². The first-order valence-electron chi connectivity index (χ1n) is 14.7. The highest BCUT2D eigenvalue weighted by Crippen LogP contribution is 2.25. The van der Waals surface area contributed by atoms with Gasteiger partial charge in [-0.2, -0.15) is 0 Å². The molecule has 4 rings (SSSR count). The summed E-state index contributed by atoms with van der Waals surface area (Å²) in [6.45, 7) is 5.49. The fraction of sp³-hybridized carbons (Fsp3) is 0.581. The molecule has 0 bridgehead atoms. The van der Waals surface area contributed by atoms with Crippen molar-refractivity contribution in [1.82, 2.24) is 20.9 Å². The Kier molecular flexibility index (Phi) is 10.8. The van der Waals surface area contributed by atoms with Gasteiger partial charge in [-0.05, 0) is 48.8 Å². The third-order valence-corrected chi connectivity index (χ3v) is 8.17. The Bertz CT molecular complexity index is 1090. The van der Waals surface area contributed by atoms with Gasteiger partial charge in [0.2, 0.25) is 17.7 Å². The lowest BCUT2D eigenvalue weighted by atomic mass is 9.97. The summed E-state index contributed by atoms with van der Waals surface area (Å²) in [6.07, 6.45) is 8.02. The fourth-order valence-corrected chi connectivity index (χ4v) is 5.68. The molecule has 1 aliphatic carbocycles. The van der Waals surface area contributed by atoms with E-state index in [4.69, 9.17) is 4.74 Å². The molecule has 2 aliphatic heterocycles. The minimum atomic E-state index is -0.850. The lowest BCUT2D eigenvalue weighted by molar-refractivity contribution is -0.142. The molecule has 218 valence electrons. The van der Waals surface area contributed by atoms with Gasteiger partial charge in [-0.3, -0.25) is 14.4 Å². The largest absolute Gasteiger partial charge is 0.492 e. The molecule has 0 aromatic heterocycles. The van der Waals surface area contributed by atoms with Crippen LogP contribution in [0.5, 0.6) is 0 Å². The summed E-state index contributed by atoms with van der Waals surface area (Å²) >= 11 is 0. The summed E-state index contributed by atoms with van der Waals surface area (Å²) in [4.78, 5) is 42.2. The molecular formula is C31H44N4O5.